The molecular weight excluding hydrogens is 406 g/mol. The highest BCUT2D eigenvalue weighted by Gasteiger charge is 2.23. The minimum atomic E-state index is -3.72. The molecule has 0 atom stereocenters. The van der Waals surface area contributed by atoms with Gasteiger partial charge in [-0.15, -0.1) is 10.2 Å². The number of methoxy groups -OCH3 is 2. The zero-order valence-electron chi connectivity index (χ0n) is 15.4. The summed E-state index contributed by atoms with van der Waals surface area (Å²) in [5.41, 5.74) is 0.625. The van der Waals surface area contributed by atoms with E-state index in [1.54, 1.807) is 25.3 Å². The van der Waals surface area contributed by atoms with Crippen molar-refractivity contribution in [2.45, 2.75) is 11.4 Å². The fourth-order valence-electron chi connectivity index (χ4n) is 2.47. The third-order valence-corrected chi connectivity index (χ3v) is 6.05. The summed E-state index contributed by atoms with van der Waals surface area (Å²) in [4.78, 5) is 0.124. The molecule has 0 saturated carbocycles. The van der Waals surface area contributed by atoms with Crippen molar-refractivity contribution in [3.05, 3.63) is 53.4 Å². The Balaban J connectivity index is 1.80. The Hall–Kier alpha value is -2.62. The van der Waals surface area contributed by atoms with Crippen LogP contribution in [0.15, 0.2) is 51.8 Å². The number of hydrogen-bond acceptors (Lipinski definition) is 7. The summed E-state index contributed by atoms with van der Waals surface area (Å²) in [5, 5.41) is 8.38. The van der Waals surface area contributed by atoms with Gasteiger partial charge in [-0.1, -0.05) is 11.6 Å². The molecule has 8 nitrogen and oxygen atoms in total. The average Bonchev–Trinajstić information content (AvgIpc) is 3.16. The number of nitrogens with zero attached hydrogens (tertiary/aromatic N) is 3. The summed E-state index contributed by atoms with van der Waals surface area (Å²) in [6.07, 6.45) is 0. The Kier molecular flexibility index (Phi) is 5.87. The number of hydrogen-bond donors (Lipinski definition) is 0. The van der Waals surface area contributed by atoms with Gasteiger partial charge in [0.25, 0.3) is 0 Å². The largest absolute Gasteiger partial charge is 0.493 e. The fraction of sp³-hybridized carbons (Fsp3) is 0.222. The van der Waals surface area contributed by atoms with E-state index in [9.17, 15) is 8.42 Å². The first-order valence-corrected chi connectivity index (χ1v) is 9.93. The Morgan fingerprint density at radius 2 is 1.71 bits per heavy atom. The molecular formula is C18H18ClN3O5S. The van der Waals surface area contributed by atoms with Gasteiger partial charge in [0.1, 0.15) is 0 Å². The van der Waals surface area contributed by atoms with E-state index in [0.29, 0.717) is 22.1 Å². The lowest BCUT2D eigenvalue weighted by Crippen LogP contribution is -2.26. The molecule has 3 aromatic rings. The van der Waals surface area contributed by atoms with Gasteiger partial charge in [-0.2, -0.15) is 4.31 Å². The van der Waals surface area contributed by atoms with Crippen molar-refractivity contribution in [3.8, 4) is 23.0 Å². The van der Waals surface area contributed by atoms with Crippen LogP contribution < -0.4 is 9.47 Å². The van der Waals surface area contributed by atoms with E-state index in [2.05, 4.69) is 10.2 Å². The summed E-state index contributed by atoms with van der Waals surface area (Å²) in [6.45, 7) is -0.0781. The van der Waals surface area contributed by atoms with Crippen LogP contribution in [0.1, 0.15) is 5.89 Å². The van der Waals surface area contributed by atoms with Crippen LogP contribution in [-0.4, -0.2) is 44.2 Å². The van der Waals surface area contributed by atoms with Gasteiger partial charge >= 0.3 is 0 Å². The van der Waals surface area contributed by atoms with E-state index in [4.69, 9.17) is 25.5 Å². The molecule has 0 aliphatic rings. The van der Waals surface area contributed by atoms with E-state index in [1.807, 2.05) is 0 Å². The molecule has 1 heterocycles. The number of sulfonamides is 1. The molecule has 0 aliphatic heterocycles. The molecule has 28 heavy (non-hydrogen) atoms. The summed E-state index contributed by atoms with van der Waals surface area (Å²) < 4.78 is 42.5. The van der Waals surface area contributed by atoms with Crippen molar-refractivity contribution in [1.29, 1.82) is 0 Å². The van der Waals surface area contributed by atoms with Gasteiger partial charge in [-0.05, 0) is 42.5 Å². The lowest BCUT2D eigenvalue weighted by atomic mass is 10.2. The normalized spacial score (nSPS) is 11.6. The second kappa shape index (κ2) is 8.17. The Labute approximate surface area is 167 Å². The number of ether oxygens (including phenoxy) is 2. The minimum Gasteiger partial charge on any atom is -0.493 e. The molecule has 0 unspecified atom stereocenters. The summed E-state index contributed by atoms with van der Waals surface area (Å²) in [5.74, 6) is 1.49. The molecule has 0 radical (unpaired) electrons. The molecule has 2 aromatic carbocycles. The van der Waals surface area contributed by atoms with Gasteiger partial charge in [-0.25, -0.2) is 8.42 Å². The highest BCUT2D eigenvalue weighted by atomic mass is 35.5. The lowest BCUT2D eigenvalue weighted by Gasteiger charge is -2.15. The maximum Gasteiger partial charge on any atom is 0.247 e. The second-order valence-electron chi connectivity index (χ2n) is 5.79. The van der Waals surface area contributed by atoms with Crippen LogP contribution in [0.3, 0.4) is 0 Å². The summed E-state index contributed by atoms with van der Waals surface area (Å²) in [6, 6.07) is 11.1. The monoisotopic (exact) mass is 423 g/mol. The van der Waals surface area contributed by atoms with Crippen LogP contribution in [-0.2, 0) is 16.6 Å². The molecule has 10 heteroatoms. The third kappa shape index (κ3) is 4.11. The number of halogens is 1. The second-order valence-corrected chi connectivity index (χ2v) is 8.27. The quantitative estimate of drug-likeness (QED) is 0.575. The first kappa shape index (κ1) is 20.1. The maximum atomic E-state index is 12.6. The van der Waals surface area contributed by atoms with Gasteiger partial charge in [0, 0.05) is 17.6 Å². The molecule has 148 valence electrons. The molecule has 0 N–H and O–H groups in total. The van der Waals surface area contributed by atoms with E-state index in [-0.39, 0.29) is 23.2 Å². The van der Waals surface area contributed by atoms with E-state index >= 15 is 0 Å². The number of aromatic nitrogens is 2. The van der Waals surface area contributed by atoms with Crippen molar-refractivity contribution in [3.63, 3.8) is 0 Å². The van der Waals surface area contributed by atoms with Gasteiger partial charge in [-0.3, -0.25) is 0 Å². The van der Waals surface area contributed by atoms with Crippen LogP contribution in [0, 0.1) is 0 Å². The van der Waals surface area contributed by atoms with Crippen LogP contribution in [0.25, 0.3) is 11.5 Å². The van der Waals surface area contributed by atoms with Crippen molar-refractivity contribution >= 4 is 21.6 Å². The highest BCUT2D eigenvalue weighted by Crippen LogP contribution is 2.32. The predicted octanol–water partition coefficient (Wildman–Crippen LogP) is 3.23. The molecule has 1 aromatic heterocycles. The third-order valence-electron chi connectivity index (χ3n) is 3.98. The van der Waals surface area contributed by atoms with Gasteiger partial charge in [0.05, 0.1) is 25.7 Å². The van der Waals surface area contributed by atoms with Crippen molar-refractivity contribution < 1.29 is 22.3 Å². The molecule has 0 aliphatic carbocycles. The predicted molar refractivity (Wildman–Crippen MR) is 103 cm³/mol. The van der Waals surface area contributed by atoms with Gasteiger partial charge < -0.3 is 13.9 Å². The Bertz CT molecular complexity index is 1070. The highest BCUT2D eigenvalue weighted by molar-refractivity contribution is 7.89. The molecule has 0 saturated heterocycles. The fourth-order valence-corrected chi connectivity index (χ4v) is 3.71. The lowest BCUT2D eigenvalue weighted by molar-refractivity contribution is 0.355. The number of benzene rings is 2. The number of rotatable bonds is 7. The van der Waals surface area contributed by atoms with Crippen molar-refractivity contribution in [2.24, 2.45) is 0 Å². The Morgan fingerprint density at radius 1 is 1.04 bits per heavy atom. The summed E-state index contributed by atoms with van der Waals surface area (Å²) in [7, 11) is 0.782. The topological polar surface area (TPSA) is 94.8 Å². The van der Waals surface area contributed by atoms with Crippen LogP contribution in [0.4, 0.5) is 0 Å². The summed E-state index contributed by atoms with van der Waals surface area (Å²) >= 11 is 5.81. The van der Waals surface area contributed by atoms with E-state index < -0.39 is 10.0 Å². The van der Waals surface area contributed by atoms with Crippen molar-refractivity contribution in [2.75, 3.05) is 21.3 Å². The standard InChI is InChI=1S/C18H18ClN3O5S/c1-22(28(23,24)14-7-5-13(19)6-8-14)11-17-20-21-18(27-17)12-4-9-15(25-2)16(10-12)26-3/h4-10H,11H2,1-3H3. The molecule has 3 rings (SSSR count). The molecule has 0 fully saturated rings. The molecule has 0 bridgehead atoms. The first-order valence-electron chi connectivity index (χ1n) is 8.12. The maximum absolute atomic E-state index is 12.6. The average molecular weight is 424 g/mol. The van der Waals surface area contributed by atoms with Crippen molar-refractivity contribution in [1.82, 2.24) is 14.5 Å². The minimum absolute atomic E-state index is 0.0781. The van der Waals surface area contributed by atoms with E-state index in [0.717, 1.165) is 4.31 Å². The SMILES string of the molecule is COc1ccc(-c2nnc(CN(C)S(=O)(=O)c3ccc(Cl)cc3)o2)cc1OC. The van der Waals surface area contributed by atoms with Crippen LogP contribution in [0.5, 0.6) is 11.5 Å². The van der Waals surface area contributed by atoms with Gasteiger partial charge in [0.2, 0.25) is 21.8 Å². The molecule has 0 spiro atoms. The van der Waals surface area contributed by atoms with E-state index in [1.165, 1.54) is 38.4 Å². The van der Waals surface area contributed by atoms with Crippen LogP contribution in [0.2, 0.25) is 5.02 Å². The van der Waals surface area contributed by atoms with Gasteiger partial charge in [0.15, 0.2) is 11.5 Å². The molecule has 0 amide bonds. The zero-order chi connectivity index (χ0) is 20.3. The smallest absolute Gasteiger partial charge is 0.247 e. The zero-order valence-corrected chi connectivity index (χ0v) is 17.0. The first-order chi connectivity index (χ1) is 13.3. The Morgan fingerprint density at radius 3 is 2.36 bits per heavy atom. The van der Waals surface area contributed by atoms with Crippen LogP contribution >= 0.6 is 11.6 Å².